The number of hydrogen-bond donors (Lipinski definition) is 0. The molecule has 1 aliphatic rings. The van der Waals surface area contributed by atoms with Gasteiger partial charge in [0.05, 0.1) is 14.2 Å². The van der Waals surface area contributed by atoms with Crippen molar-refractivity contribution in [2.75, 3.05) is 14.2 Å². The number of methoxy groups -OCH3 is 2. The van der Waals surface area contributed by atoms with Gasteiger partial charge in [0.15, 0.2) is 0 Å². The van der Waals surface area contributed by atoms with Crippen molar-refractivity contribution in [3.05, 3.63) is 131 Å². The third-order valence-electron chi connectivity index (χ3n) is 8.60. The second-order valence-electron chi connectivity index (χ2n) is 10.9. The summed E-state index contributed by atoms with van der Waals surface area (Å²) in [7, 11) is 3.50. The maximum Gasteiger partial charge on any atom is 0.119 e. The summed E-state index contributed by atoms with van der Waals surface area (Å²) in [4.78, 5) is 0. The van der Waals surface area contributed by atoms with Crippen molar-refractivity contribution in [2.45, 2.75) is 38.3 Å². The van der Waals surface area contributed by atoms with E-state index in [0.29, 0.717) is 5.92 Å². The average molecular weight is 527 g/mol. The molecule has 0 saturated carbocycles. The lowest BCUT2D eigenvalue weighted by Crippen LogP contribution is -2.18. The molecule has 0 aliphatic heterocycles. The fourth-order valence-corrected chi connectivity index (χ4v) is 6.63. The maximum atomic E-state index is 5.67. The van der Waals surface area contributed by atoms with Gasteiger partial charge < -0.3 is 18.6 Å². The molecule has 1 aliphatic carbocycles. The van der Waals surface area contributed by atoms with Crippen LogP contribution in [0.4, 0.5) is 0 Å². The molecule has 4 aromatic carbocycles. The van der Waals surface area contributed by atoms with E-state index in [4.69, 9.17) is 9.47 Å². The SMILES string of the molecule is COc1ccc2c(c1)cc(C1CCc3c(c4cc(OC)ccc4n3Cc3ccccc3)C1)n2Cc1ccccc1. The second kappa shape index (κ2) is 10.3. The van der Waals surface area contributed by atoms with Gasteiger partial charge in [0, 0.05) is 52.2 Å². The van der Waals surface area contributed by atoms with E-state index in [0.717, 1.165) is 43.9 Å². The van der Waals surface area contributed by atoms with Crippen molar-refractivity contribution in [1.29, 1.82) is 0 Å². The molecule has 2 aromatic heterocycles. The summed E-state index contributed by atoms with van der Waals surface area (Å²) in [5, 5.41) is 2.56. The minimum Gasteiger partial charge on any atom is -0.497 e. The van der Waals surface area contributed by atoms with Gasteiger partial charge in [0.1, 0.15) is 11.5 Å². The Morgan fingerprint density at radius 2 is 1.30 bits per heavy atom. The molecule has 0 spiro atoms. The van der Waals surface area contributed by atoms with Crippen molar-refractivity contribution in [3.63, 3.8) is 0 Å². The minimum absolute atomic E-state index is 0.427. The number of hydrogen-bond acceptors (Lipinski definition) is 2. The van der Waals surface area contributed by atoms with Crippen LogP contribution < -0.4 is 9.47 Å². The molecular weight excluding hydrogens is 492 g/mol. The van der Waals surface area contributed by atoms with Crippen LogP contribution in [0.2, 0.25) is 0 Å². The first kappa shape index (κ1) is 24.6. The van der Waals surface area contributed by atoms with Crippen LogP contribution in [0.1, 0.15) is 40.4 Å². The first-order valence-corrected chi connectivity index (χ1v) is 14.1. The van der Waals surface area contributed by atoms with Gasteiger partial charge in [-0.3, -0.25) is 0 Å². The van der Waals surface area contributed by atoms with E-state index in [1.807, 2.05) is 0 Å². The van der Waals surface area contributed by atoms with E-state index in [-0.39, 0.29) is 0 Å². The van der Waals surface area contributed by atoms with Gasteiger partial charge in [-0.15, -0.1) is 0 Å². The normalized spacial score (nSPS) is 14.9. The van der Waals surface area contributed by atoms with Crippen LogP contribution in [0.25, 0.3) is 21.8 Å². The fourth-order valence-electron chi connectivity index (χ4n) is 6.63. The Hall–Kier alpha value is -4.44. The highest BCUT2D eigenvalue weighted by Gasteiger charge is 2.29. The van der Waals surface area contributed by atoms with Gasteiger partial charge in [0.25, 0.3) is 0 Å². The zero-order valence-electron chi connectivity index (χ0n) is 23.1. The van der Waals surface area contributed by atoms with Crippen molar-refractivity contribution in [2.24, 2.45) is 0 Å². The van der Waals surface area contributed by atoms with Gasteiger partial charge in [0.2, 0.25) is 0 Å². The monoisotopic (exact) mass is 526 g/mol. The Morgan fingerprint density at radius 3 is 1.98 bits per heavy atom. The zero-order chi connectivity index (χ0) is 27.1. The number of rotatable bonds is 7. The molecule has 0 amide bonds. The topological polar surface area (TPSA) is 28.3 Å². The second-order valence-corrected chi connectivity index (χ2v) is 10.9. The lowest BCUT2D eigenvalue weighted by molar-refractivity contribution is 0.415. The molecule has 1 atom stereocenters. The van der Waals surface area contributed by atoms with E-state index < -0.39 is 0 Å². The average Bonchev–Trinajstić information content (AvgIpc) is 3.52. The molecule has 1 unspecified atom stereocenters. The van der Waals surface area contributed by atoms with Crippen molar-refractivity contribution < 1.29 is 9.47 Å². The van der Waals surface area contributed by atoms with Crippen molar-refractivity contribution in [3.8, 4) is 11.5 Å². The smallest absolute Gasteiger partial charge is 0.119 e. The van der Waals surface area contributed by atoms with E-state index in [1.165, 1.54) is 49.9 Å². The molecule has 200 valence electrons. The van der Waals surface area contributed by atoms with E-state index in [1.54, 1.807) is 14.2 Å². The van der Waals surface area contributed by atoms with Crippen LogP contribution >= 0.6 is 0 Å². The third kappa shape index (κ3) is 4.34. The van der Waals surface area contributed by atoms with Gasteiger partial charge >= 0.3 is 0 Å². The van der Waals surface area contributed by atoms with Crippen molar-refractivity contribution >= 4 is 21.8 Å². The van der Waals surface area contributed by atoms with Crippen LogP contribution in [-0.2, 0) is 25.9 Å². The largest absolute Gasteiger partial charge is 0.497 e. The highest BCUT2D eigenvalue weighted by atomic mass is 16.5. The summed E-state index contributed by atoms with van der Waals surface area (Å²) < 4.78 is 16.3. The van der Waals surface area contributed by atoms with Crippen LogP contribution in [0, 0.1) is 0 Å². The number of benzene rings is 4. The Morgan fingerprint density at radius 1 is 0.675 bits per heavy atom. The zero-order valence-corrected chi connectivity index (χ0v) is 23.1. The molecule has 7 rings (SSSR count). The summed E-state index contributed by atoms with van der Waals surface area (Å²) in [6.45, 7) is 1.75. The summed E-state index contributed by atoms with van der Waals surface area (Å²) in [5.41, 5.74) is 9.55. The third-order valence-corrected chi connectivity index (χ3v) is 8.60. The molecule has 6 aromatic rings. The van der Waals surface area contributed by atoms with Crippen LogP contribution in [0.5, 0.6) is 11.5 Å². The molecule has 40 heavy (non-hydrogen) atoms. The Balaban J connectivity index is 1.34. The summed E-state index contributed by atoms with van der Waals surface area (Å²) in [6.07, 6.45) is 3.19. The van der Waals surface area contributed by atoms with Crippen molar-refractivity contribution in [1.82, 2.24) is 9.13 Å². The van der Waals surface area contributed by atoms with Gasteiger partial charge in [-0.05, 0) is 78.4 Å². The van der Waals surface area contributed by atoms with Crippen LogP contribution in [0.3, 0.4) is 0 Å². The van der Waals surface area contributed by atoms with Crippen LogP contribution in [-0.4, -0.2) is 23.4 Å². The van der Waals surface area contributed by atoms with Gasteiger partial charge in [-0.25, -0.2) is 0 Å². The molecule has 2 heterocycles. The first-order chi connectivity index (χ1) is 19.7. The molecule has 4 heteroatoms. The Labute approximate surface area is 235 Å². The highest BCUT2D eigenvalue weighted by molar-refractivity contribution is 5.88. The quantitative estimate of drug-likeness (QED) is 0.211. The molecule has 0 N–H and O–H groups in total. The molecule has 0 saturated heterocycles. The van der Waals surface area contributed by atoms with Gasteiger partial charge in [-0.2, -0.15) is 0 Å². The Kier molecular flexibility index (Phi) is 6.31. The molecule has 0 radical (unpaired) electrons. The number of fused-ring (bicyclic) bond motifs is 4. The summed E-state index contributed by atoms with van der Waals surface area (Å²) in [6, 6.07) is 37.0. The lowest BCUT2D eigenvalue weighted by atomic mass is 9.84. The fraction of sp³-hybridized carbons (Fsp3) is 0.222. The molecular formula is C36H34N2O2. The molecule has 0 fully saturated rings. The number of ether oxygens (including phenoxy) is 2. The first-order valence-electron chi connectivity index (χ1n) is 14.1. The number of nitrogens with zero attached hydrogens (tertiary/aromatic N) is 2. The number of aromatic nitrogens is 2. The maximum absolute atomic E-state index is 5.67. The minimum atomic E-state index is 0.427. The lowest BCUT2D eigenvalue weighted by Gasteiger charge is -2.26. The van der Waals surface area contributed by atoms with E-state index in [2.05, 4.69) is 112 Å². The summed E-state index contributed by atoms with van der Waals surface area (Å²) >= 11 is 0. The summed E-state index contributed by atoms with van der Waals surface area (Å²) in [5.74, 6) is 2.24. The predicted molar refractivity (Wildman–Crippen MR) is 163 cm³/mol. The van der Waals surface area contributed by atoms with E-state index in [9.17, 15) is 0 Å². The predicted octanol–water partition coefficient (Wildman–Crippen LogP) is 7.98. The Bertz CT molecular complexity index is 1800. The van der Waals surface area contributed by atoms with Gasteiger partial charge in [-0.1, -0.05) is 60.7 Å². The highest BCUT2D eigenvalue weighted by Crippen LogP contribution is 2.41. The van der Waals surface area contributed by atoms with Crippen LogP contribution in [0.15, 0.2) is 103 Å². The standard InChI is InChI=1S/C36H34N2O2/c1-39-29-14-17-33-28(19-29)21-36(37(33)23-25-9-5-3-6-10-25)27-13-16-34-31(20-27)32-22-30(40-2)15-18-35(32)38(34)24-26-11-7-4-8-12-26/h3-12,14-15,17-19,21-22,27H,13,16,20,23-24H2,1-2H3. The molecule has 4 nitrogen and oxygen atoms in total. The van der Waals surface area contributed by atoms with E-state index >= 15 is 0 Å². The molecule has 0 bridgehead atoms.